The van der Waals surface area contributed by atoms with E-state index >= 15 is 0 Å². The van der Waals surface area contributed by atoms with E-state index < -0.39 is 0 Å². The Bertz CT molecular complexity index is 1450. The average Bonchev–Trinajstić information content (AvgIpc) is 3.22. The van der Waals surface area contributed by atoms with Crippen molar-refractivity contribution in [3.05, 3.63) is 115 Å². The van der Waals surface area contributed by atoms with E-state index in [1.165, 1.54) is 0 Å². The fourth-order valence-electron chi connectivity index (χ4n) is 4.65. The monoisotopic (exact) mass is 439 g/mol. The molecule has 0 fully saturated rings. The number of pyridine rings is 1. The molecule has 158 valence electrons. The molecule has 0 saturated carbocycles. The molecule has 4 aromatic rings. The van der Waals surface area contributed by atoms with Gasteiger partial charge in [0.2, 0.25) is 0 Å². The van der Waals surface area contributed by atoms with Crippen LogP contribution in [0.25, 0.3) is 10.9 Å². The number of fused-ring (bicyclic) bond motifs is 3. The number of rotatable bonds is 4. The van der Waals surface area contributed by atoms with Gasteiger partial charge in [-0.3, -0.25) is 9.69 Å². The lowest BCUT2D eigenvalue weighted by Gasteiger charge is -2.15. The molecule has 5 heteroatoms. The standard InChI is InChI=1S/C27H22ClN3O/c1-18-11-22(28)10-9-21(18)15-31-26-8-3-2-7-23(26)24-16-30(17-25(24)27(31)32)14-20-6-4-5-19(12-20)13-29/h2-12H,14-17H2,1H3. The molecular formula is C27H22ClN3O. The third-order valence-electron chi connectivity index (χ3n) is 6.25. The third kappa shape index (κ3) is 3.71. The molecule has 0 aliphatic carbocycles. The van der Waals surface area contributed by atoms with Crippen molar-refractivity contribution in [2.24, 2.45) is 0 Å². The highest BCUT2D eigenvalue weighted by Crippen LogP contribution is 2.29. The van der Waals surface area contributed by atoms with Crippen LogP contribution in [0, 0.1) is 18.3 Å². The first-order valence-corrected chi connectivity index (χ1v) is 11.0. The second-order valence-corrected chi connectivity index (χ2v) is 8.83. The van der Waals surface area contributed by atoms with Crippen molar-refractivity contribution in [3.8, 4) is 6.07 Å². The second-order valence-electron chi connectivity index (χ2n) is 8.39. The largest absolute Gasteiger partial charge is 0.304 e. The number of nitrogens with zero attached hydrogens (tertiary/aromatic N) is 3. The molecule has 3 aromatic carbocycles. The minimum absolute atomic E-state index is 0.0707. The number of para-hydroxylation sites is 1. The van der Waals surface area contributed by atoms with Gasteiger partial charge in [-0.25, -0.2) is 0 Å². The number of benzene rings is 3. The van der Waals surface area contributed by atoms with Gasteiger partial charge in [-0.05, 0) is 59.5 Å². The number of hydrogen-bond acceptors (Lipinski definition) is 3. The number of nitriles is 1. The lowest BCUT2D eigenvalue weighted by atomic mass is 10.0. The maximum absolute atomic E-state index is 13.6. The van der Waals surface area contributed by atoms with Gasteiger partial charge in [-0.2, -0.15) is 5.26 Å². The molecule has 0 saturated heterocycles. The van der Waals surface area contributed by atoms with Gasteiger partial charge < -0.3 is 4.57 Å². The minimum Gasteiger partial charge on any atom is -0.304 e. The van der Waals surface area contributed by atoms with Gasteiger partial charge in [0.1, 0.15) is 0 Å². The highest BCUT2D eigenvalue weighted by atomic mass is 35.5. The Balaban J connectivity index is 1.54. The molecule has 4 nitrogen and oxygen atoms in total. The van der Waals surface area contributed by atoms with E-state index in [-0.39, 0.29) is 5.56 Å². The molecule has 1 aliphatic rings. The molecule has 0 radical (unpaired) electrons. The molecule has 1 aromatic heterocycles. The zero-order chi connectivity index (χ0) is 22.2. The van der Waals surface area contributed by atoms with E-state index in [0.29, 0.717) is 30.2 Å². The van der Waals surface area contributed by atoms with E-state index in [1.54, 1.807) is 0 Å². The summed E-state index contributed by atoms with van der Waals surface area (Å²) in [6, 6.07) is 23.8. The van der Waals surface area contributed by atoms with Crippen molar-refractivity contribution in [1.82, 2.24) is 9.47 Å². The third-order valence-corrected chi connectivity index (χ3v) is 6.48. The lowest BCUT2D eigenvalue weighted by Crippen LogP contribution is -2.26. The fourth-order valence-corrected chi connectivity index (χ4v) is 4.87. The van der Waals surface area contributed by atoms with Crippen molar-refractivity contribution in [3.63, 3.8) is 0 Å². The smallest absolute Gasteiger partial charge is 0.256 e. The highest BCUT2D eigenvalue weighted by Gasteiger charge is 2.26. The topological polar surface area (TPSA) is 49.0 Å². The number of aryl methyl sites for hydroxylation is 1. The van der Waals surface area contributed by atoms with Crippen LogP contribution in [0.4, 0.5) is 0 Å². The Labute approximate surface area is 191 Å². The maximum Gasteiger partial charge on any atom is 0.256 e. The molecule has 2 heterocycles. The van der Waals surface area contributed by atoms with Gasteiger partial charge in [0.25, 0.3) is 5.56 Å². The van der Waals surface area contributed by atoms with Gasteiger partial charge in [0, 0.05) is 35.6 Å². The lowest BCUT2D eigenvalue weighted by molar-refractivity contribution is 0.275. The van der Waals surface area contributed by atoms with Crippen molar-refractivity contribution < 1.29 is 0 Å². The molecule has 0 atom stereocenters. The summed E-state index contributed by atoms with van der Waals surface area (Å²) in [5, 5.41) is 11.0. The van der Waals surface area contributed by atoms with Crippen LogP contribution in [0.3, 0.4) is 0 Å². The van der Waals surface area contributed by atoms with E-state index in [0.717, 1.165) is 45.3 Å². The molecule has 0 amide bonds. The molecule has 0 unspecified atom stereocenters. The summed E-state index contributed by atoms with van der Waals surface area (Å²) in [6.45, 7) is 4.57. The molecule has 0 N–H and O–H groups in total. The normalized spacial score (nSPS) is 13.3. The molecule has 5 rings (SSSR count). The number of halogens is 1. The Morgan fingerprint density at radius 3 is 2.59 bits per heavy atom. The van der Waals surface area contributed by atoms with Crippen LogP contribution in [-0.4, -0.2) is 9.47 Å². The van der Waals surface area contributed by atoms with Crippen LogP contribution in [0.1, 0.15) is 33.4 Å². The first kappa shape index (κ1) is 20.5. The van der Waals surface area contributed by atoms with Crippen molar-refractivity contribution in [1.29, 1.82) is 5.26 Å². The summed E-state index contributed by atoms with van der Waals surface area (Å²) in [5.74, 6) is 0. The van der Waals surface area contributed by atoms with Gasteiger partial charge in [-0.1, -0.05) is 48.0 Å². The van der Waals surface area contributed by atoms with Crippen LogP contribution in [0.15, 0.2) is 71.5 Å². The predicted octanol–water partition coefficient (Wildman–Crippen LogP) is 5.40. The molecule has 0 bridgehead atoms. The van der Waals surface area contributed by atoms with Crippen LogP contribution in [-0.2, 0) is 26.2 Å². The van der Waals surface area contributed by atoms with E-state index in [9.17, 15) is 10.1 Å². The molecule has 1 aliphatic heterocycles. The van der Waals surface area contributed by atoms with Crippen molar-refractivity contribution >= 4 is 22.5 Å². The number of aromatic nitrogens is 1. The summed E-state index contributed by atoms with van der Waals surface area (Å²) in [5.41, 5.74) is 6.92. The maximum atomic E-state index is 13.6. The zero-order valence-corrected chi connectivity index (χ0v) is 18.6. The Morgan fingerprint density at radius 1 is 0.969 bits per heavy atom. The molecule has 0 spiro atoms. The first-order chi connectivity index (χ1) is 15.5. The SMILES string of the molecule is Cc1cc(Cl)ccc1Cn1c(=O)c2c(c3ccccc31)CN(Cc1cccc(C#N)c1)C2. The summed E-state index contributed by atoms with van der Waals surface area (Å²) < 4.78 is 1.89. The number of hydrogen-bond donors (Lipinski definition) is 0. The van der Waals surface area contributed by atoms with Gasteiger partial charge in [-0.15, -0.1) is 0 Å². The fraction of sp³-hybridized carbons (Fsp3) is 0.185. The van der Waals surface area contributed by atoms with Crippen molar-refractivity contribution in [2.75, 3.05) is 0 Å². The molecular weight excluding hydrogens is 418 g/mol. The predicted molar refractivity (Wildman–Crippen MR) is 128 cm³/mol. The Kier molecular flexibility index (Phi) is 5.30. The zero-order valence-electron chi connectivity index (χ0n) is 17.8. The van der Waals surface area contributed by atoms with Crippen molar-refractivity contribution in [2.45, 2.75) is 33.1 Å². The van der Waals surface area contributed by atoms with Crippen LogP contribution in [0.2, 0.25) is 5.02 Å². The van der Waals surface area contributed by atoms with Gasteiger partial charge in [0.15, 0.2) is 0 Å². The first-order valence-electron chi connectivity index (χ1n) is 10.6. The summed E-state index contributed by atoms with van der Waals surface area (Å²) in [6.07, 6.45) is 0. The Morgan fingerprint density at radius 2 is 1.78 bits per heavy atom. The Hall–Kier alpha value is -3.39. The quantitative estimate of drug-likeness (QED) is 0.427. The molecule has 32 heavy (non-hydrogen) atoms. The summed E-state index contributed by atoms with van der Waals surface area (Å²) in [7, 11) is 0. The van der Waals surface area contributed by atoms with Gasteiger partial charge in [0.05, 0.1) is 23.7 Å². The average molecular weight is 440 g/mol. The highest BCUT2D eigenvalue weighted by molar-refractivity contribution is 6.30. The van der Waals surface area contributed by atoms with E-state index in [2.05, 4.69) is 17.0 Å². The second kappa shape index (κ2) is 8.27. The minimum atomic E-state index is 0.0707. The van der Waals surface area contributed by atoms with E-state index in [1.807, 2.05) is 72.2 Å². The summed E-state index contributed by atoms with van der Waals surface area (Å²) in [4.78, 5) is 15.9. The van der Waals surface area contributed by atoms with Crippen LogP contribution >= 0.6 is 11.6 Å². The van der Waals surface area contributed by atoms with Gasteiger partial charge >= 0.3 is 0 Å². The van der Waals surface area contributed by atoms with Crippen LogP contribution < -0.4 is 5.56 Å². The van der Waals surface area contributed by atoms with E-state index in [4.69, 9.17) is 11.6 Å². The summed E-state index contributed by atoms with van der Waals surface area (Å²) >= 11 is 6.13. The van der Waals surface area contributed by atoms with Crippen LogP contribution in [0.5, 0.6) is 0 Å².